The lowest BCUT2D eigenvalue weighted by Gasteiger charge is -2.09. The van der Waals surface area contributed by atoms with Crippen LogP contribution in [0.15, 0.2) is 36.4 Å². The Kier molecular flexibility index (Phi) is 5.62. The molecule has 0 saturated carbocycles. The summed E-state index contributed by atoms with van der Waals surface area (Å²) in [5.41, 5.74) is 0.769. The average molecular weight is 323 g/mol. The van der Waals surface area contributed by atoms with Gasteiger partial charge in [0, 0.05) is 0 Å². The summed E-state index contributed by atoms with van der Waals surface area (Å²) < 4.78 is 44.7. The molecule has 1 N–H and O–H groups in total. The van der Waals surface area contributed by atoms with Gasteiger partial charge in [0.2, 0.25) is 5.91 Å². The number of aryl methyl sites for hydroxylation is 1. The van der Waals surface area contributed by atoms with Gasteiger partial charge in [-0.15, -0.1) is 0 Å². The van der Waals surface area contributed by atoms with E-state index in [1.54, 1.807) is 12.1 Å². The first-order valence-electron chi connectivity index (χ1n) is 7.16. The molecule has 23 heavy (non-hydrogen) atoms. The minimum Gasteiger partial charge on any atom is -0.493 e. The molecule has 0 fully saturated rings. The second kappa shape index (κ2) is 7.67. The number of anilines is 1. The minimum atomic E-state index is -1.62. The lowest BCUT2D eigenvalue weighted by Crippen LogP contribution is -2.16. The lowest BCUT2D eigenvalue weighted by atomic mass is 10.2. The molecule has 2 aromatic carbocycles. The van der Waals surface area contributed by atoms with Crippen molar-refractivity contribution in [1.82, 2.24) is 0 Å². The number of hydrogen-bond acceptors (Lipinski definition) is 2. The minimum absolute atomic E-state index is 0.0477. The Balaban J connectivity index is 1.84. The van der Waals surface area contributed by atoms with E-state index in [1.165, 1.54) is 5.56 Å². The van der Waals surface area contributed by atoms with E-state index in [4.69, 9.17) is 4.74 Å². The molecule has 0 aliphatic heterocycles. The molecule has 0 aliphatic carbocycles. The Morgan fingerprint density at radius 2 is 1.74 bits per heavy atom. The van der Waals surface area contributed by atoms with Crippen LogP contribution in [0.3, 0.4) is 0 Å². The van der Waals surface area contributed by atoms with Crippen LogP contribution in [0.5, 0.6) is 5.75 Å². The van der Waals surface area contributed by atoms with Gasteiger partial charge in [0.1, 0.15) is 5.75 Å². The maximum atomic E-state index is 13.4. The Bertz CT molecular complexity index is 687. The Labute approximate surface area is 132 Å². The first kappa shape index (κ1) is 16.9. The van der Waals surface area contributed by atoms with Crippen molar-refractivity contribution in [2.24, 2.45) is 0 Å². The number of benzene rings is 2. The number of rotatable bonds is 6. The van der Waals surface area contributed by atoms with Gasteiger partial charge < -0.3 is 10.1 Å². The lowest BCUT2D eigenvalue weighted by molar-refractivity contribution is -0.116. The highest BCUT2D eigenvalue weighted by molar-refractivity contribution is 5.90. The third-order valence-electron chi connectivity index (χ3n) is 3.24. The van der Waals surface area contributed by atoms with Crippen molar-refractivity contribution in [3.05, 3.63) is 59.4 Å². The molecule has 2 rings (SSSR count). The number of carbonyl (C=O) groups excluding carboxylic acids is 1. The summed E-state index contributed by atoms with van der Waals surface area (Å²) in [5.74, 6) is -4.28. The quantitative estimate of drug-likeness (QED) is 0.814. The van der Waals surface area contributed by atoms with Crippen LogP contribution in [0, 0.1) is 17.5 Å². The van der Waals surface area contributed by atoms with Crippen LogP contribution in [0.25, 0.3) is 0 Å². The van der Waals surface area contributed by atoms with E-state index >= 15 is 0 Å². The number of halogens is 3. The molecule has 6 heteroatoms. The number of ether oxygens (including phenoxy) is 1. The van der Waals surface area contributed by atoms with E-state index in [2.05, 4.69) is 5.32 Å². The standard InChI is InChI=1S/C17H16F3NO2/c1-2-11-3-5-12(6-4-11)23-10-9-15(22)21-14-8-7-13(18)16(19)17(14)20/h3-8H,2,9-10H2,1H3,(H,21,22). The van der Waals surface area contributed by atoms with Gasteiger partial charge in [-0.05, 0) is 36.2 Å². The summed E-state index contributed by atoms with van der Waals surface area (Å²) in [7, 11) is 0. The molecule has 0 aromatic heterocycles. The molecular weight excluding hydrogens is 307 g/mol. The van der Waals surface area contributed by atoms with Gasteiger partial charge >= 0.3 is 0 Å². The zero-order valence-corrected chi connectivity index (χ0v) is 12.5. The highest BCUT2D eigenvalue weighted by Gasteiger charge is 2.15. The van der Waals surface area contributed by atoms with Crippen molar-refractivity contribution >= 4 is 11.6 Å². The maximum absolute atomic E-state index is 13.4. The fourth-order valence-electron chi connectivity index (χ4n) is 1.92. The monoisotopic (exact) mass is 323 g/mol. The van der Waals surface area contributed by atoms with Crippen LogP contribution < -0.4 is 10.1 Å². The molecule has 1 amide bonds. The van der Waals surface area contributed by atoms with Gasteiger partial charge in [-0.3, -0.25) is 4.79 Å². The van der Waals surface area contributed by atoms with E-state index in [-0.39, 0.29) is 13.0 Å². The SMILES string of the molecule is CCc1ccc(OCCC(=O)Nc2ccc(F)c(F)c2F)cc1. The summed E-state index contributed by atoms with van der Waals surface area (Å²) in [6.07, 6.45) is 0.871. The smallest absolute Gasteiger partial charge is 0.227 e. The molecular formula is C17H16F3NO2. The van der Waals surface area contributed by atoms with Crippen LogP contribution in [0.2, 0.25) is 0 Å². The van der Waals surface area contributed by atoms with Gasteiger partial charge in [0.25, 0.3) is 0 Å². The van der Waals surface area contributed by atoms with Gasteiger partial charge in [-0.2, -0.15) is 0 Å². The molecule has 0 unspecified atom stereocenters. The van der Waals surface area contributed by atoms with Crippen molar-refractivity contribution in [2.75, 3.05) is 11.9 Å². The van der Waals surface area contributed by atoms with Gasteiger partial charge in [-0.1, -0.05) is 19.1 Å². The van der Waals surface area contributed by atoms with Crippen molar-refractivity contribution in [1.29, 1.82) is 0 Å². The predicted octanol–water partition coefficient (Wildman–Crippen LogP) is 4.07. The molecule has 0 heterocycles. The van der Waals surface area contributed by atoms with E-state index < -0.39 is 29.0 Å². The zero-order chi connectivity index (χ0) is 16.8. The highest BCUT2D eigenvalue weighted by Crippen LogP contribution is 2.19. The molecule has 0 saturated heterocycles. The average Bonchev–Trinajstić information content (AvgIpc) is 2.56. The zero-order valence-electron chi connectivity index (χ0n) is 12.5. The largest absolute Gasteiger partial charge is 0.493 e. The van der Waals surface area contributed by atoms with E-state index in [9.17, 15) is 18.0 Å². The summed E-state index contributed by atoms with van der Waals surface area (Å²) in [5, 5.41) is 2.18. The van der Waals surface area contributed by atoms with Crippen LogP contribution in [-0.2, 0) is 11.2 Å². The Hall–Kier alpha value is -2.50. The molecule has 0 atom stereocenters. The first-order chi connectivity index (χ1) is 11.0. The van der Waals surface area contributed by atoms with Gasteiger partial charge in [0.05, 0.1) is 18.7 Å². The number of nitrogens with one attached hydrogen (secondary N) is 1. The van der Waals surface area contributed by atoms with Gasteiger partial charge in [-0.25, -0.2) is 13.2 Å². The van der Waals surface area contributed by atoms with E-state index in [0.717, 1.165) is 18.6 Å². The molecule has 2 aromatic rings. The molecule has 0 spiro atoms. The molecule has 122 valence electrons. The number of amides is 1. The molecule has 0 bridgehead atoms. The third-order valence-corrected chi connectivity index (χ3v) is 3.24. The molecule has 3 nitrogen and oxygen atoms in total. The normalized spacial score (nSPS) is 10.4. The van der Waals surface area contributed by atoms with E-state index in [1.807, 2.05) is 19.1 Å². The summed E-state index contributed by atoms with van der Waals surface area (Å²) in [4.78, 5) is 11.7. The van der Waals surface area contributed by atoms with Crippen LogP contribution in [0.4, 0.5) is 18.9 Å². The van der Waals surface area contributed by atoms with Crippen LogP contribution in [-0.4, -0.2) is 12.5 Å². The predicted molar refractivity (Wildman–Crippen MR) is 80.9 cm³/mol. The van der Waals surface area contributed by atoms with E-state index in [0.29, 0.717) is 5.75 Å². The van der Waals surface area contributed by atoms with Gasteiger partial charge in [0.15, 0.2) is 17.5 Å². The molecule has 0 radical (unpaired) electrons. The first-order valence-corrected chi connectivity index (χ1v) is 7.16. The summed E-state index contributed by atoms with van der Waals surface area (Å²) >= 11 is 0. The Morgan fingerprint density at radius 3 is 2.39 bits per heavy atom. The topological polar surface area (TPSA) is 38.3 Å². The maximum Gasteiger partial charge on any atom is 0.227 e. The molecule has 0 aliphatic rings. The van der Waals surface area contributed by atoms with Crippen LogP contribution in [0.1, 0.15) is 18.9 Å². The third kappa shape index (κ3) is 4.48. The second-order valence-electron chi connectivity index (χ2n) is 4.87. The number of hydrogen-bond donors (Lipinski definition) is 1. The van der Waals surface area contributed by atoms with Crippen molar-refractivity contribution in [2.45, 2.75) is 19.8 Å². The second-order valence-corrected chi connectivity index (χ2v) is 4.87. The fourth-order valence-corrected chi connectivity index (χ4v) is 1.92. The fraction of sp³-hybridized carbons (Fsp3) is 0.235. The van der Waals surface area contributed by atoms with Crippen molar-refractivity contribution < 1.29 is 22.7 Å². The van der Waals surface area contributed by atoms with Crippen molar-refractivity contribution in [3.8, 4) is 5.75 Å². The number of carbonyl (C=O) groups is 1. The Morgan fingerprint density at radius 1 is 1.04 bits per heavy atom. The highest BCUT2D eigenvalue weighted by atomic mass is 19.2. The summed E-state index contributed by atoms with van der Waals surface area (Å²) in [6, 6.07) is 9.16. The summed E-state index contributed by atoms with van der Waals surface area (Å²) in [6.45, 7) is 2.13. The van der Waals surface area contributed by atoms with Crippen LogP contribution >= 0.6 is 0 Å². The van der Waals surface area contributed by atoms with Crippen molar-refractivity contribution in [3.63, 3.8) is 0 Å².